The van der Waals surface area contributed by atoms with Crippen LogP contribution in [0.5, 0.6) is 0 Å². The van der Waals surface area contributed by atoms with E-state index < -0.39 is 17.3 Å². The van der Waals surface area contributed by atoms with Crippen molar-refractivity contribution in [2.24, 2.45) is 5.10 Å². The lowest BCUT2D eigenvalue weighted by atomic mass is 10.0. The third-order valence-electron chi connectivity index (χ3n) is 4.54. The first-order valence-corrected chi connectivity index (χ1v) is 9.75. The lowest BCUT2D eigenvalue weighted by Gasteiger charge is -2.11. The fourth-order valence-corrected chi connectivity index (χ4v) is 4.25. The summed E-state index contributed by atoms with van der Waals surface area (Å²) in [6, 6.07) is 3.60. The van der Waals surface area contributed by atoms with Crippen LogP contribution in [0.1, 0.15) is 18.4 Å². The number of rotatable bonds is 3. The van der Waals surface area contributed by atoms with Crippen LogP contribution in [0.2, 0.25) is 5.02 Å². The highest BCUT2D eigenvalue weighted by molar-refractivity contribution is 7.17. The first-order valence-electron chi connectivity index (χ1n) is 8.49. The van der Waals surface area contributed by atoms with Gasteiger partial charge in [-0.2, -0.15) is 22.9 Å². The number of halogens is 4. The predicted molar refractivity (Wildman–Crippen MR) is 104 cm³/mol. The van der Waals surface area contributed by atoms with Crippen LogP contribution in [-0.4, -0.2) is 34.0 Å². The third kappa shape index (κ3) is 3.51. The first kappa shape index (κ1) is 18.9. The Labute approximate surface area is 166 Å². The fraction of sp³-hybridized carbons (Fsp3) is 0.278. The number of fused-ring (bicyclic) bond motifs is 1. The molecule has 0 spiro atoms. The summed E-state index contributed by atoms with van der Waals surface area (Å²) in [5.41, 5.74) is -0.740. The van der Waals surface area contributed by atoms with Crippen molar-refractivity contribution in [1.82, 2.24) is 14.6 Å². The topological polar surface area (TPSA) is 50.5 Å². The maximum absolute atomic E-state index is 13.2. The van der Waals surface area contributed by atoms with Crippen molar-refractivity contribution in [1.29, 1.82) is 0 Å². The zero-order valence-corrected chi connectivity index (χ0v) is 16.0. The second-order valence-corrected chi connectivity index (χ2v) is 7.66. The van der Waals surface area contributed by atoms with Gasteiger partial charge >= 0.3 is 6.18 Å². The minimum Gasteiger partial charge on any atom is -0.361 e. The number of hydrogen-bond acceptors (Lipinski definition) is 4. The van der Waals surface area contributed by atoms with Gasteiger partial charge in [-0.15, -0.1) is 11.3 Å². The van der Waals surface area contributed by atoms with Crippen molar-refractivity contribution in [3.63, 3.8) is 0 Å². The Morgan fingerprint density at radius 1 is 1.25 bits per heavy atom. The van der Waals surface area contributed by atoms with E-state index >= 15 is 0 Å². The van der Waals surface area contributed by atoms with Crippen molar-refractivity contribution in [2.45, 2.75) is 19.0 Å². The molecule has 3 aromatic rings. The monoisotopic (exact) mass is 426 g/mol. The van der Waals surface area contributed by atoms with Crippen LogP contribution in [0.3, 0.4) is 0 Å². The maximum atomic E-state index is 13.2. The molecular formula is C18H14ClF3N4OS. The molecule has 1 fully saturated rings. The Hall–Kier alpha value is -2.39. The van der Waals surface area contributed by atoms with E-state index in [0.717, 1.165) is 36.7 Å². The number of aromatic nitrogens is 2. The molecule has 1 aliphatic rings. The number of nitrogens with zero attached hydrogens (tertiary/aromatic N) is 4. The van der Waals surface area contributed by atoms with Crippen molar-refractivity contribution in [3.8, 4) is 11.1 Å². The van der Waals surface area contributed by atoms with Crippen molar-refractivity contribution < 1.29 is 13.2 Å². The van der Waals surface area contributed by atoms with E-state index in [1.807, 2.05) is 4.90 Å². The summed E-state index contributed by atoms with van der Waals surface area (Å²) in [7, 11) is 0. The standard InChI is InChI=1S/C18H14ClF3N4OS/c19-14-4-3-11(7-13(14)18(20,21)22)12-8-28-16-15(12)17(27)26(9-23-16)24-10-25-5-1-2-6-25/h3-4,7-10H,1-2,5-6H2. The first-order chi connectivity index (χ1) is 13.3. The minimum absolute atomic E-state index is 0.238. The molecule has 4 rings (SSSR count). The van der Waals surface area contributed by atoms with Gasteiger partial charge in [0, 0.05) is 24.0 Å². The van der Waals surface area contributed by atoms with Crippen LogP contribution in [0.4, 0.5) is 13.2 Å². The summed E-state index contributed by atoms with van der Waals surface area (Å²) in [5.74, 6) is 0. The maximum Gasteiger partial charge on any atom is 0.417 e. The van der Waals surface area contributed by atoms with Crippen molar-refractivity contribution >= 4 is 39.5 Å². The van der Waals surface area contributed by atoms with Crippen LogP contribution < -0.4 is 5.56 Å². The van der Waals surface area contributed by atoms with Crippen molar-refractivity contribution in [2.75, 3.05) is 13.1 Å². The van der Waals surface area contributed by atoms with Crippen LogP contribution >= 0.6 is 22.9 Å². The third-order valence-corrected chi connectivity index (χ3v) is 5.76. The molecular weight excluding hydrogens is 413 g/mol. The van der Waals surface area contributed by atoms with Crippen LogP contribution in [0.25, 0.3) is 21.3 Å². The number of thiophene rings is 1. The molecule has 0 bridgehead atoms. The zero-order valence-electron chi connectivity index (χ0n) is 14.4. The van der Waals surface area contributed by atoms with Gasteiger partial charge in [0.1, 0.15) is 17.5 Å². The molecule has 28 heavy (non-hydrogen) atoms. The summed E-state index contributed by atoms with van der Waals surface area (Å²) in [6.07, 6.45) is 0.478. The van der Waals surface area contributed by atoms with Crippen LogP contribution in [-0.2, 0) is 6.18 Å². The minimum atomic E-state index is -4.59. The molecule has 0 radical (unpaired) electrons. The summed E-state index contributed by atoms with van der Waals surface area (Å²) >= 11 is 6.89. The summed E-state index contributed by atoms with van der Waals surface area (Å²) in [5, 5.41) is 5.64. The second kappa shape index (κ2) is 7.21. The summed E-state index contributed by atoms with van der Waals surface area (Å²) in [6.45, 7) is 1.76. The van der Waals surface area contributed by atoms with Gasteiger partial charge in [0.2, 0.25) is 0 Å². The molecule has 3 heterocycles. The molecule has 10 heteroatoms. The molecule has 1 aromatic carbocycles. The smallest absolute Gasteiger partial charge is 0.361 e. The fourth-order valence-electron chi connectivity index (χ4n) is 3.11. The molecule has 0 amide bonds. The van der Waals surface area contributed by atoms with E-state index in [9.17, 15) is 18.0 Å². The van der Waals surface area contributed by atoms with Crippen molar-refractivity contribution in [3.05, 3.63) is 50.8 Å². The van der Waals surface area contributed by atoms with Gasteiger partial charge in [-0.3, -0.25) is 4.79 Å². The average Bonchev–Trinajstić information content (AvgIpc) is 3.30. The molecule has 5 nitrogen and oxygen atoms in total. The van der Waals surface area contributed by atoms with E-state index in [0.29, 0.717) is 10.4 Å². The van der Waals surface area contributed by atoms with Crippen LogP contribution in [0.15, 0.2) is 39.8 Å². The van der Waals surface area contributed by atoms with Gasteiger partial charge in [-0.05, 0) is 30.5 Å². The highest BCUT2D eigenvalue weighted by Gasteiger charge is 2.33. The molecule has 1 aliphatic heterocycles. The number of benzene rings is 1. The highest BCUT2D eigenvalue weighted by Crippen LogP contribution is 2.39. The second-order valence-electron chi connectivity index (χ2n) is 6.39. The van der Waals surface area contributed by atoms with Gasteiger partial charge < -0.3 is 4.90 Å². The quantitative estimate of drug-likeness (QED) is 0.451. The normalized spacial score (nSPS) is 15.2. The molecule has 0 N–H and O–H groups in total. The van der Waals surface area contributed by atoms with E-state index in [-0.39, 0.29) is 16.0 Å². The van der Waals surface area contributed by atoms with Gasteiger partial charge in [0.25, 0.3) is 5.56 Å². The number of alkyl halides is 3. The van der Waals surface area contributed by atoms with Gasteiger partial charge in [0.15, 0.2) is 0 Å². The average molecular weight is 427 g/mol. The Morgan fingerprint density at radius 3 is 2.71 bits per heavy atom. The predicted octanol–water partition coefficient (Wildman–Crippen LogP) is 4.68. The Kier molecular flexibility index (Phi) is 4.88. The number of likely N-dealkylation sites (tertiary alicyclic amines) is 1. The molecule has 0 atom stereocenters. The lowest BCUT2D eigenvalue weighted by Crippen LogP contribution is -2.21. The van der Waals surface area contributed by atoms with E-state index in [2.05, 4.69) is 10.1 Å². The Bertz CT molecular complexity index is 1120. The zero-order chi connectivity index (χ0) is 19.9. The molecule has 0 saturated carbocycles. The summed E-state index contributed by atoms with van der Waals surface area (Å²) < 4.78 is 40.7. The highest BCUT2D eigenvalue weighted by atomic mass is 35.5. The van der Waals surface area contributed by atoms with E-state index in [1.54, 1.807) is 11.7 Å². The largest absolute Gasteiger partial charge is 0.417 e. The van der Waals surface area contributed by atoms with Gasteiger partial charge in [-0.1, -0.05) is 17.7 Å². The SMILES string of the molecule is O=c1c2c(-c3ccc(Cl)c(C(F)(F)F)c3)csc2ncn1N=CN1CCCC1. The molecule has 0 aliphatic carbocycles. The van der Waals surface area contributed by atoms with E-state index in [4.69, 9.17) is 11.6 Å². The Morgan fingerprint density at radius 2 is 2.00 bits per heavy atom. The van der Waals surface area contributed by atoms with Gasteiger partial charge in [-0.25, -0.2) is 4.98 Å². The molecule has 0 unspecified atom stereocenters. The summed E-state index contributed by atoms with van der Waals surface area (Å²) in [4.78, 5) is 19.6. The van der Waals surface area contributed by atoms with Crippen LogP contribution in [0, 0.1) is 0 Å². The Balaban J connectivity index is 1.81. The van der Waals surface area contributed by atoms with E-state index in [1.165, 1.54) is 29.8 Å². The molecule has 1 saturated heterocycles. The molecule has 2 aromatic heterocycles. The molecule has 146 valence electrons. The van der Waals surface area contributed by atoms with Gasteiger partial charge in [0.05, 0.1) is 16.0 Å². The lowest BCUT2D eigenvalue weighted by molar-refractivity contribution is -0.137. The number of hydrogen-bond donors (Lipinski definition) is 0.